The highest BCUT2D eigenvalue weighted by atomic mass is 35.5. The van der Waals surface area contributed by atoms with E-state index in [1.54, 1.807) is 6.92 Å². The highest BCUT2D eigenvalue weighted by Gasteiger charge is 2.15. The highest BCUT2D eigenvalue weighted by molar-refractivity contribution is 7.86. The van der Waals surface area contributed by atoms with Crippen molar-refractivity contribution in [2.45, 2.75) is 11.8 Å². The van der Waals surface area contributed by atoms with E-state index >= 15 is 0 Å². The van der Waals surface area contributed by atoms with Gasteiger partial charge in [0.25, 0.3) is 10.1 Å². The lowest BCUT2D eigenvalue weighted by Crippen LogP contribution is -1.96. The van der Waals surface area contributed by atoms with Crippen LogP contribution in [-0.2, 0) is 10.1 Å². The van der Waals surface area contributed by atoms with E-state index in [1.165, 1.54) is 6.07 Å². The van der Waals surface area contributed by atoms with Gasteiger partial charge in [-0.25, -0.2) is 0 Å². The molecule has 0 spiro atoms. The third kappa shape index (κ3) is 1.93. The van der Waals surface area contributed by atoms with Crippen LogP contribution in [0.4, 0.5) is 0 Å². The summed E-state index contributed by atoms with van der Waals surface area (Å²) in [5.74, 6) is 0. The summed E-state index contributed by atoms with van der Waals surface area (Å²) in [6, 6.07) is 1.23. The summed E-state index contributed by atoms with van der Waals surface area (Å²) in [6.45, 7) is 1.58. The first-order valence-corrected chi connectivity index (χ1v) is 5.28. The van der Waals surface area contributed by atoms with Gasteiger partial charge in [-0.3, -0.25) is 4.55 Å². The lowest BCUT2D eigenvalue weighted by Gasteiger charge is -1.90. The molecule has 0 aliphatic carbocycles. The molecule has 3 nitrogen and oxygen atoms in total. The van der Waals surface area contributed by atoms with Crippen molar-refractivity contribution in [2.24, 2.45) is 0 Å². The van der Waals surface area contributed by atoms with Crippen LogP contribution < -0.4 is 0 Å². The number of thiophene rings is 1. The zero-order chi connectivity index (χ0) is 8.65. The van der Waals surface area contributed by atoms with Gasteiger partial charge in [0.1, 0.15) is 4.90 Å². The molecule has 0 fully saturated rings. The number of aryl methyl sites for hydroxylation is 1. The van der Waals surface area contributed by atoms with Crippen LogP contribution in [0.1, 0.15) is 4.88 Å². The number of hydrogen-bond donors (Lipinski definition) is 1. The van der Waals surface area contributed by atoms with Crippen molar-refractivity contribution >= 4 is 33.1 Å². The predicted octanol–water partition coefficient (Wildman–Crippen LogP) is 1.96. The van der Waals surface area contributed by atoms with Gasteiger partial charge < -0.3 is 0 Å². The SMILES string of the molecule is Cc1sc(Cl)cc1S(=O)(=O)O. The van der Waals surface area contributed by atoms with Gasteiger partial charge in [-0.15, -0.1) is 11.3 Å². The van der Waals surface area contributed by atoms with Crippen molar-refractivity contribution in [3.63, 3.8) is 0 Å². The quantitative estimate of drug-likeness (QED) is 0.724. The summed E-state index contributed by atoms with van der Waals surface area (Å²) in [6.07, 6.45) is 0. The highest BCUT2D eigenvalue weighted by Crippen LogP contribution is 2.28. The van der Waals surface area contributed by atoms with Crippen LogP contribution in [0.15, 0.2) is 11.0 Å². The maximum Gasteiger partial charge on any atom is 0.295 e. The van der Waals surface area contributed by atoms with Crippen LogP contribution >= 0.6 is 22.9 Å². The van der Waals surface area contributed by atoms with Crippen LogP contribution in [0, 0.1) is 6.92 Å². The lowest BCUT2D eigenvalue weighted by molar-refractivity contribution is 0.483. The summed E-state index contributed by atoms with van der Waals surface area (Å²) in [5, 5.41) is 0. The van der Waals surface area contributed by atoms with Crippen molar-refractivity contribution in [3.05, 3.63) is 15.3 Å². The molecule has 0 radical (unpaired) electrons. The molecule has 0 aliphatic rings. The Balaban J connectivity index is 3.36. The van der Waals surface area contributed by atoms with E-state index in [0.717, 1.165) is 11.3 Å². The van der Waals surface area contributed by atoms with Gasteiger partial charge in [-0.2, -0.15) is 8.42 Å². The summed E-state index contributed by atoms with van der Waals surface area (Å²) >= 11 is 6.64. The van der Waals surface area contributed by atoms with Gasteiger partial charge in [0.15, 0.2) is 0 Å². The predicted molar refractivity (Wildman–Crippen MR) is 43.9 cm³/mol. The minimum absolute atomic E-state index is 0.104. The molecule has 0 saturated heterocycles. The second-order valence-electron chi connectivity index (χ2n) is 1.95. The Morgan fingerprint density at radius 1 is 1.64 bits per heavy atom. The first-order chi connectivity index (χ1) is 4.91. The fraction of sp³-hybridized carbons (Fsp3) is 0.200. The molecule has 0 saturated carbocycles. The molecule has 0 unspecified atom stereocenters. The molecule has 0 atom stereocenters. The third-order valence-corrected chi connectivity index (χ3v) is 3.41. The number of rotatable bonds is 1. The van der Waals surface area contributed by atoms with Gasteiger partial charge >= 0.3 is 0 Å². The minimum atomic E-state index is -4.09. The molecular weight excluding hydrogens is 208 g/mol. The molecule has 1 heterocycles. The van der Waals surface area contributed by atoms with Crippen molar-refractivity contribution in [2.75, 3.05) is 0 Å². The first kappa shape index (κ1) is 8.99. The summed E-state index contributed by atoms with van der Waals surface area (Å²) in [7, 11) is -4.09. The van der Waals surface area contributed by atoms with E-state index in [-0.39, 0.29) is 4.90 Å². The maximum atomic E-state index is 10.6. The zero-order valence-corrected chi connectivity index (χ0v) is 7.92. The molecule has 0 aliphatic heterocycles. The van der Waals surface area contributed by atoms with E-state index in [9.17, 15) is 8.42 Å². The van der Waals surface area contributed by atoms with Gasteiger partial charge in [0.2, 0.25) is 0 Å². The molecule has 1 N–H and O–H groups in total. The Hall–Kier alpha value is -0.100. The van der Waals surface area contributed by atoms with Crippen LogP contribution in [0.3, 0.4) is 0 Å². The molecule has 0 bridgehead atoms. The van der Waals surface area contributed by atoms with Gasteiger partial charge in [-0.1, -0.05) is 11.6 Å². The van der Waals surface area contributed by atoms with Crippen molar-refractivity contribution < 1.29 is 13.0 Å². The molecular formula is C5H5ClO3S2. The van der Waals surface area contributed by atoms with Crippen LogP contribution in [-0.4, -0.2) is 13.0 Å². The fourth-order valence-corrected chi connectivity index (χ4v) is 2.98. The molecule has 62 valence electrons. The molecule has 1 aromatic heterocycles. The largest absolute Gasteiger partial charge is 0.295 e. The Morgan fingerprint density at radius 3 is 2.36 bits per heavy atom. The number of hydrogen-bond acceptors (Lipinski definition) is 3. The van der Waals surface area contributed by atoms with E-state index in [4.69, 9.17) is 16.2 Å². The average molecular weight is 213 g/mol. The van der Waals surface area contributed by atoms with E-state index in [1.807, 2.05) is 0 Å². The topological polar surface area (TPSA) is 54.4 Å². The molecule has 11 heavy (non-hydrogen) atoms. The molecule has 1 aromatic rings. The molecule has 1 rings (SSSR count). The standard InChI is InChI=1S/C5H5ClO3S2/c1-3-4(11(7,8)9)2-5(6)10-3/h2H,1H3,(H,7,8,9). The third-order valence-electron chi connectivity index (χ3n) is 1.12. The van der Waals surface area contributed by atoms with Gasteiger partial charge in [0, 0.05) is 4.88 Å². The molecule has 0 amide bonds. The summed E-state index contributed by atoms with van der Waals surface area (Å²) < 4.78 is 30.1. The second kappa shape index (κ2) is 2.75. The first-order valence-electron chi connectivity index (χ1n) is 2.64. The lowest BCUT2D eigenvalue weighted by atomic mass is 10.5. The van der Waals surface area contributed by atoms with Crippen molar-refractivity contribution in [1.29, 1.82) is 0 Å². The van der Waals surface area contributed by atoms with Crippen LogP contribution in [0.2, 0.25) is 4.34 Å². The zero-order valence-electron chi connectivity index (χ0n) is 5.54. The maximum absolute atomic E-state index is 10.6. The van der Waals surface area contributed by atoms with Crippen molar-refractivity contribution in [1.82, 2.24) is 0 Å². The summed E-state index contributed by atoms with van der Waals surface area (Å²) in [4.78, 5) is 0.394. The average Bonchev–Trinajstić information content (AvgIpc) is 2.08. The second-order valence-corrected chi connectivity index (χ2v) is 5.22. The van der Waals surface area contributed by atoms with E-state index < -0.39 is 10.1 Å². The molecule has 6 heteroatoms. The fourth-order valence-electron chi connectivity index (χ4n) is 0.687. The molecule has 0 aromatic carbocycles. The van der Waals surface area contributed by atoms with E-state index in [0.29, 0.717) is 9.21 Å². The normalized spacial score (nSPS) is 11.9. The number of halogens is 1. The van der Waals surface area contributed by atoms with Crippen LogP contribution in [0.25, 0.3) is 0 Å². The Labute approximate surface area is 73.4 Å². The van der Waals surface area contributed by atoms with Gasteiger partial charge in [-0.05, 0) is 13.0 Å². The summed E-state index contributed by atoms with van der Waals surface area (Å²) in [5.41, 5.74) is 0. The minimum Gasteiger partial charge on any atom is -0.282 e. The Morgan fingerprint density at radius 2 is 2.18 bits per heavy atom. The van der Waals surface area contributed by atoms with Gasteiger partial charge in [0.05, 0.1) is 4.34 Å². The van der Waals surface area contributed by atoms with Crippen molar-refractivity contribution in [3.8, 4) is 0 Å². The smallest absolute Gasteiger partial charge is 0.282 e. The van der Waals surface area contributed by atoms with Crippen LogP contribution in [0.5, 0.6) is 0 Å². The Bertz CT molecular complexity index is 365. The Kier molecular flexibility index (Phi) is 2.24. The van der Waals surface area contributed by atoms with E-state index in [2.05, 4.69) is 0 Å². The monoisotopic (exact) mass is 212 g/mol.